The van der Waals surface area contributed by atoms with Crippen molar-refractivity contribution in [2.75, 3.05) is 5.32 Å². The van der Waals surface area contributed by atoms with Gasteiger partial charge in [0.15, 0.2) is 5.82 Å². The van der Waals surface area contributed by atoms with Gasteiger partial charge in [0.2, 0.25) is 5.91 Å². The Balaban J connectivity index is 1.38. The molecule has 3 N–H and O–H groups in total. The maximum atomic E-state index is 12.2. The van der Waals surface area contributed by atoms with Crippen LogP contribution in [-0.2, 0) is 4.79 Å². The average molecular weight is 490 g/mol. The van der Waals surface area contributed by atoms with Crippen LogP contribution in [0.25, 0.3) is 56.0 Å². The van der Waals surface area contributed by atoms with E-state index in [2.05, 4.69) is 40.4 Å². The molecule has 0 aliphatic carbocycles. The monoisotopic (exact) mass is 489 g/mol. The Labute approximate surface area is 211 Å². The van der Waals surface area contributed by atoms with Crippen molar-refractivity contribution in [1.82, 2.24) is 40.1 Å². The Morgan fingerprint density at radius 2 is 1.84 bits per heavy atom. The fourth-order valence-corrected chi connectivity index (χ4v) is 4.25. The van der Waals surface area contributed by atoms with Gasteiger partial charge < -0.3 is 10.3 Å². The lowest BCUT2D eigenvalue weighted by molar-refractivity contribution is -0.116. The standard InChI is InChI=1S/C27H23N9O/c1-15(2)8-23(37)32-18-9-17(12-29-13-18)21-10-19-22(14-31-21)35-36-25(19)27-33-20-5-7-30-24(26(20)34-27)16-4-3-6-28-11-16/h3-7,9-15H,8H2,1-2H3,(H,32,37)(H,33,34)(H,35,36). The number of hydrogen-bond acceptors (Lipinski definition) is 7. The number of pyridine rings is 4. The van der Waals surface area contributed by atoms with E-state index in [9.17, 15) is 4.79 Å². The van der Waals surface area contributed by atoms with Crippen LogP contribution >= 0.6 is 0 Å². The van der Waals surface area contributed by atoms with Gasteiger partial charge >= 0.3 is 0 Å². The lowest BCUT2D eigenvalue weighted by Crippen LogP contribution is -2.13. The molecule has 10 heteroatoms. The number of fused-ring (bicyclic) bond motifs is 2. The van der Waals surface area contributed by atoms with Crippen LogP contribution in [0.2, 0.25) is 0 Å². The predicted molar refractivity (Wildman–Crippen MR) is 141 cm³/mol. The van der Waals surface area contributed by atoms with Crippen LogP contribution in [0.4, 0.5) is 5.69 Å². The van der Waals surface area contributed by atoms with Crippen molar-refractivity contribution in [1.29, 1.82) is 0 Å². The van der Waals surface area contributed by atoms with Gasteiger partial charge in [0, 0.05) is 47.7 Å². The number of hydrogen-bond donors (Lipinski definition) is 3. The van der Waals surface area contributed by atoms with Gasteiger partial charge in [0.05, 0.1) is 40.5 Å². The predicted octanol–water partition coefficient (Wildman–Crippen LogP) is 5.00. The van der Waals surface area contributed by atoms with Crippen LogP contribution in [0.15, 0.2) is 67.5 Å². The zero-order valence-electron chi connectivity index (χ0n) is 20.2. The second-order valence-corrected chi connectivity index (χ2v) is 9.18. The van der Waals surface area contributed by atoms with E-state index in [4.69, 9.17) is 4.98 Å². The molecule has 0 fully saturated rings. The normalized spacial score (nSPS) is 11.4. The number of imidazole rings is 1. The third kappa shape index (κ3) is 4.40. The molecule has 1 amide bonds. The van der Waals surface area contributed by atoms with Crippen molar-refractivity contribution in [3.63, 3.8) is 0 Å². The highest BCUT2D eigenvalue weighted by Crippen LogP contribution is 2.31. The summed E-state index contributed by atoms with van der Waals surface area (Å²) in [6.45, 7) is 4.02. The SMILES string of the molecule is CC(C)CC(=O)Nc1cncc(-c2cc3c(-c4nc5c(-c6cccnc6)nccc5[nH]4)n[nH]c3cn2)c1. The molecule has 0 spiro atoms. The number of carbonyl (C=O) groups excluding carboxylic acids is 1. The van der Waals surface area contributed by atoms with E-state index in [1.165, 1.54) is 0 Å². The first-order chi connectivity index (χ1) is 18.0. The molecule has 6 aromatic rings. The van der Waals surface area contributed by atoms with Crippen LogP contribution in [0, 0.1) is 5.92 Å². The average Bonchev–Trinajstić information content (AvgIpc) is 3.52. The maximum Gasteiger partial charge on any atom is 0.224 e. The largest absolute Gasteiger partial charge is 0.336 e. The number of anilines is 1. The zero-order chi connectivity index (χ0) is 25.4. The summed E-state index contributed by atoms with van der Waals surface area (Å²) < 4.78 is 0. The van der Waals surface area contributed by atoms with Crippen molar-refractivity contribution >= 4 is 33.5 Å². The molecule has 10 nitrogen and oxygen atoms in total. The molecule has 0 radical (unpaired) electrons. The van der Waals surface area contributed by atoms with Gasteiger partial charge in [-0.15, -0.1) is 0 Å². The smallest absolute Gasteiger partial charge is 0.224 e. The van der Waals surface area contributed by atoms with Crippen LogP contribution in [0.5, 0.6) is 0 Å². The quantitative estimate of drug-likeness (QED) is 0.299. The number of H-pyrrole nitrogens is 2. The molecule has 0 atom stereocenters. The van der Waals surface area contributed by atoms with E-state index < -0.39 is 0 Å². The highest BCUT2D eigenvalue weighted by atomic mass is 16.1. The summed E-state index contributed by atoms with van der Waals surface area (Å²) in [4.78, 5) is 38.1. The van der Waals surface area contributed by atoms with Gasteiger partial charge in [0.1, 0.15) is 11.2 Å². The lowest BCUT2D eigenvalue weighted by atomic mass is 10.1. The fraction of sp³-hybridized carbons (Fsp3) is 0.148. The Morgan fingerprint density at radius 3 is 2.68 bits per heavy atom. The summed E-state index contributed by atoms with van der Waals surface area (Å²) in [6.07, 6.45) is 10.8. The first-order valence-corrected chi connectivity index (χ1v) is 11.9. The summed E-state index contributed by atoms with van der Waals surface area (Å²) in [5.74, 6) is 0.845. The summed E-state index contributed by atoms with van der Waals surface area (Å²) in [6, 6.07) is 9.53. The van der Waals surface area contributed by atoms with E-state index >= 15 is 0 Å². The number of nitrogens with one attached hydrogen (secondary N) is 3. The Bertz CT molecular complexity index is 1740. The third-order valence-electron chi connectivity index (χ3n) is 5.92. The van der Waals surface area contributed by atoms with E-state index in [0.717, 1.165) is 38.8 Å². The van der Waals surface area contributed by atoms with Crippen molar-refractivity contribution in [2.24, 2.45) is 5.92 Å². The van der Waals surface area contributed by atoms with Crippen molar-refractivity contribution < 1.29 is 4.79 Å². The summed E-state index contributed by atoms with van der Waals surface area (Å²) in [5, 5.41) is 11.3. The van der Waals surface area contributed by atoms with E-state index in [-0.39, 0.29) is 11.8 Å². The Kier molecular flexibility index (Phi) is 5.61. The van der Waals surface area contributed by atoms with Crippen molar-refractivity contribution in [3.8, 4) is 34.0 Å². The van der Waals surface area contributed by atoms with Gasteiger partial charge in [-0.05, 0) is 36.2 Å². The first-order valence-electron chi connectivity index (χ1n) is 11.9. The minimum Gasteiger partial charge on any atom is -0.336 e. The molecule has 0 aromatic carbocycles. The zero-order valence-corrected chi connectivity index (χ0v) is 20.2. The van der Waals surface area contributed by atoms with Gasteiger partial charge in [-0.3, -0.25) is 29.8 Å². The summed E-state index contributed by atoms with van der Waals surface area (Å²) in [5.41, 5.74) is 6.79. The molecule has 6 heterocycles. The molecule has 182 valence electrons. The summed E-state index contributed by atoms with van der Waals surface area (Å²) >= 11 is 0. The highest BCUT2D eigenvalue weighted by Gasteiger charge is 2.17. The molecule has 37 heavy (non-hydrogen) atoms. The first kappa shape index (κ1) is 22.5. The highest BCUT2D eigenvalue weighted by molar-refractivity contribution is 5.97. The molecule has 0 saturated carbocycles. The van der Waals surface area contributed by atoms with Gasteiger partial charge in [-0.25, -0.2) is 4.98 Å². The number of amides is 1. The summed E-state index contributed by atoms with van der Waals surface area (Å²) in [7, 11) is 0. The number of aromatic amines is 2. The molecule has 0 bridgehead atoms. The van der Waals surface area contributed by atoms with Gasteiger partial charge in [-0.1, -0.05) is 13.8 Å². The Morgan fingerprint density at radius 1 is 0.946 bits per heavy atom. The molecule has 6 aromatic heterocycles. The minimum atomic E-state index is -0.0421. The van der Waals surface area contributed by atoms with Crippen LogP contribution in [0.1, 0.15) is 20.3 Å². The van der Waals surface area contributed by atoms with Crippen LogP contribution < -0.4 is 5.32 Å². The van der Waals surface area contributed by atoms with E-state index in [0.29, 0.717) is 29.3 Å². The number of rotatable bonds is 6. The fourth-order valence-electron chi connectivity index (χ4n) is 4.25. The minimum absolute atomic E-state index is 0.0421. The van der Waals surface area contributed by atoms with Crippen molar-refractivity contribution in [3.05, 3.63) is 67.5 Å². The molecular weight excluding hydrogens is 466 g/mol. The molecule has 0 unspecified atom stereocenters. The second kappa shape index (κ2) is 9.23. The van der Waals surface area contributed by atoms with Crippen LogP contribution in [0.3, 0.4) is 0 Å². The van der Waals surface area contributed by atoms with E-state index in [1.807, 2.05) is 44.2 Å². The lowest BCUT2D eigenvalue weighted by Gasteiger charge is -2.08. The topological polar surface area (TPSA) is 138 Å². The second-order valence-electron chi connectivity index (χ2n) is 9.18. The molecule has 0 aliphatic rings. The van der Waals surface area contributed by atoms with E-state index in [1.54, 1.807) is 37.2 Å². The molecular formula is C27H23N9O. The van der Waals surface area contributed by atoms with Crippen LogP contribution in [-0.4, -0.2) is 46.0 Å². The third-order valence-corrected chi connectivity index (χ3v) is 5.92. The number of aromatic nitrogens is 8. The molecule has 6 rings (SSSR count). The Hall–Kier alpha value is -4.99. The molecule has 0 saturated heterocycles. The number of carbonyl (C=O) groups is 1. The molecule has 0 aliphatic heterocycles. The van der Waals surface area contributed by atoms with Gasteiger partial charge in [0.25, 0.3) is 0 Å². The maximum absolute atomic E-state index is 12.2. The van der Waals surface area contributed by atoms with Gasteiger partial charge in [-0.2, -0.15) is 5.10 Å². The van der Waals surface area contributed by atoms with Crippen molar-refractivity contribution in [2.45, 2.75) is 20.3 Å². The number of nitrogens with zero attached hydrogens (tertiary/aromatic N) is 6.